The lowest BCUT2D eigenvalue weighted by Crippen LogP contribution is -2.19. The minimum atomic E-state index is 0.251. The van der Waals surface area contributed by atoms with E-state index >= 15 is 0 Å². The quantitative estimate of drug-likeness (QED) is 0.869. The van der Waals surface area contributed by atoms with Gasteiger partial charge in [-0.1, -0.05) is 20.8 Å². The minimum Gasteiger partial charge on any atom is -0.493 e. The van der Waals surface area contributed by atoms with E-state index in [4.69, 9.17) is 9.47 Å². The van der Waals surface area contributed by atoms with Gasteiger partial charge in [0.1, 0.15) is 0 Å². The predicted molar refractivity (Wildman–Crippen MR) is 72.2 cm³/mol. The summed E-state index contributed by atoms with van der Waals surface area (Å²) in [5, 5.41) is 3.42. The molecule has 96 valence electrons. The van der Waals surface area contributed by atoms with E-state index in [9.17, 15) is 0 Å². The van der Waals surface area contributed by atoms with Crippen molar-refractivity contribution >= 4 is 5.69 Å². The maximum absolute atomic E-state index is 5.32. The van der Waals surface area contributed by atoms with Crippen LogP contribution >= 0.6 is 0 Å². The molecule has 1 rings (SSSR count). The Labute approximate surface area is 104 Å². The summed E-state index contributed by atoms with van der Waals surface area (Å²) in [6, 6.07) is 4.05. The Hall–Kier alpha value is -1.38. The van der Waals surface area contributed by atoms with Crippen LogP contribution in [-0.4, -0.2) is 20.8 Å². The average Bonchev–Trinajstić information content (AvgIpc) is 2.24. The van der Waals surface area contributed by atoms with Crippen molar-refractivity contribution in [1.82, 2.24) is 0 Å². The molecule has 0 aliphatic heterocycles. The van der Waals surface area contributed by atoms with E-state index in [1.54, 1.807) is 14.2 Å². The van der Waals surface area contributed by atoms with Gasteiger partial charge in [-0.2, -0.15) is 0 Å². The molecular formula is C14H23NO2. The van der Waals surface area contributed by atoms with Crippen molar-refractivity contribution in [3.05, 3.63) is 17.7 Å². The number of aryl methyl sites for hydroxylation is 1. The van der Waals surface area contributed by atoms with Gasteiger partial charge in [-0.3, -0.25) is 0 Å². The number of nitrogens with one attached hydrogen (secondary N) is 1. The van der Waals surface area contributed by atoms with Crippen LogP contribution in [0.1, 0.15) is 26.3 Å². The standard InChI is InChI=1S/C14H23NO2/c1-10-7-11(15-9-14(2,3)4)8-12(16-5)13(10)17-6/h7-8,15H,9H2,1-6H3. The van der Waals surface area contributed by atoms with Crippen molar-refractivity contribution in [2.45, 2.75) is 27.7 Å². The number of hydrogen-bond donors (Lipinski definition) is 1. The Bertz CT molecular complexity index is 381. The summed E-state index contributed by atoms with van der Waals surface area (Å²) in [6.45, 7) is 9.54. The first-order chi connectivity index (χ1) is 7.87. The molecule has 0 atom stereocenters. The molecule has 0 spiro atoms. The maximum atomic E-state index is 5.32. The van der Waals surface area contributed by atoms with Crippen molar-refractivity contribution in [2.75, 3.05) is 26.1 Å². The first kappa shape index (κ1) is 13.7. The molecule has 0 heterocycles. The van der Waals surface area contributed by atoms with Gasteiger partial charge in [-0.25, -0.2) is 0 Å². The first-order valence-corrected chi connectivity index (χ1v) is 5.84. The number of rotatable bonds is 4. The van der Waals surface area contributed by atoms with Gasteiger partial charge in [0.2, 0.25) is 0 Å². The Balaban J connectivity index is 2.92. The van der Waals surface area contributed by atoms with Crippen LogP contribution in [0, 0.1) is 12.3 Å². The van der Waals surface area contributed by atoms with Crippen molar-refractivity contribution in [3.63, 3.8) is 0 Å². The Morgan fingerprint density at radius 1 is 1.12 bits per heavy atom. The molecule has 1 aromatic carbocycles. The van der Waals surface area contributed by atoms with Gasteiger partial charge in [0, 0.05) is 18.3 Å². The highest BCUT2D eigenvalue weighted by Gasteiger charge is 2.12. The molecule has 0 bridgehead atoms. The molecule has 3 heteroatoms. The summed E-state index contributed by atoms with van der Waals surface area (Å²) in [4.78, 5) is 0. The van der Waals surface area contributed by atoms with E-state index in [1.165, 1.54) is 0 Å². The van der Waals surface area contributed by atoms with Gasteiger partial charge in [-0.15, -0.1) is 0 Å². The fraction of sp³-hybridized carbons (Fsp3) is 0.571. The van der Waals surface area contributed by atoms with E-state index in [2.05, 4.69) is 32.2 Å². The first-order valence-electron chi connectivity index (χ1n) is 5.84. The molecule has 1 N–H and O–H groups in total. The molecule has 1 aromatic rings. The monoisotopic (exact) mass is 237 g/mol. The van der Waals surface area contributed by atoms with Crippen molar-refractivity contribution in [2.24, 2.45) is 5.41 Å². The lowest BCUT2D eigenvalue weighted by molar-refractivity contribution is 0.353. The lowest BCUT2D eigenvalue weighted by Gasteiger charge is -2.21. The second-order valence-corrected chi connectivity index (χ2v) is 5.44. The van der Waals surface area contributed by atoms with Crippen LogP contribution in [0.4, 0.5) is 5.69 Å². The molecule has 0 saturated carbocycles. The Morgan fingerprint density at radius 3 is 2.24 bits per heavy atom. The number of anilines is 1. The van der Waals surface area contributed by atoms with Crippen LogP contribution in [0.25, 0.3) is 0 Å². The zero-order valence-corrected chi connectivity index (χ0v) is 11.7. The fourth-order valence-corrected chi connectivity index (χ4v) is 1.62. The maximum Gasteiger partial charge on any atom is 0.163 e. The molecule has 0 aromatic heterocycles. The average molecular weight is 237 g/mol. The van der Waals surface area contributed by atoms with Crippen molar-refractivity contribution in [3.8, 4) is 11.5 Å². The molecule has 3 nitrogen and oxygen atoms in total. The highest BCUT2D eigenvalue weighted by Crippen LogP contribution is 2.34. The van der Waals surface area contributed by atoms with Crippen molar-refractivity contribution in [1.29, 1.82) is 0 Å². The number of methoxy groups -OCH3 is 2. The van der Waals surface area contributed by atoms with Gasteiger partial charge in [0.15, 0.2) is 11.5 Å². The van der Waals surface area contributed by atoms with E-state index < -0.39 is 0 Å². The molecule has 17 heavy (non-hydrogen) atoms. The normalized spacial score (nSPS) is 11.2. The van der Waals surface area contributed by atoms with E-state index in [-0.39, 0.29) is 5.41 Å². The zero-order valence-electron chi connectivity index (χ0n) is 11.7. The molecule has 0 aliphatic carbocycles. The van der Waals surface area contributed by atoms with Crippen LogP contribution in [0.2, 0.25) is 0 Å². The second-order valence-electron chi connectivity index (χ2n) is 5.44. The van der Waals surface area contributed by atoms with E-state index in [0.717, 1.165) is 29.3 Å². The number of hydrogen-bond acceptors (Lipinski definition) is 3. The molecule has 0 saturated heterocycles. The van der Waals surface area contributed by atoms with Gasteiger partial charge < -0.3 is 14.8 Å². The van der Waals surface area contributed by atoms with Crippen LogP contribution in [-0.2, 0) is 0 Å². The largest absolute Gasteiger partial charge is 0.493 e. The predicted octanol–water partition coefficient (Wildman–Crippen LogP) is 3.47. The van der Waals surface area contributed by atoms with Crippen LogP contribution in [0.15, 0.2) is 12.1 Å². The number of ether oxygens (including phenoxy) is 2. The third-order valence-corrected chi connectivity index (χ3v) is 2.49. The van der Waals surface area contributed by atoms with Crippen molar-refractivity contribution < 1.29 is 9.47 Å². The van der Waals surface area contributed by atoms with Crippen LogP contribution < -0.4 is 14.8 Å². The summed E-state index contributed by atoms with van der Waals surface area (Å²) in [5.41, 5.74) is 2.39. The highest BCUT2D eigenvalue weighted by molar-refractivity contribution is 5.58. The smallest absolute Gasteiger partial charge is 0.163 e. The lowest BCUT2D eigenvalue weighted by atomic mass is 9.97. The SMILES string of the molecule is COc1cc(NCC(C)(C)C)cc(C)c1OC. The minimum absolute atomic E-state index is 0.251. The zero-order chi connectivity index (χ0) is 13.1. The molecule has 0 radical (unpaired) electrons. The summed E-state index contributed by atoms with van der Waals surface area (Å²) >= 11 is 0. The molecule has 0 fully saturated rings. The molecular weight excluding hydrogens is 214 g/mol. The summed E-state index contributed by atoms with van der Waals surface area (Å²) in [7, 11) is 3.32. The summed E-state index contributed by atoms with van der Waals surface area (Å²) < 4.78 is 10.6. The summed E-state index contributed by atoms with van der Waals surface area (Å²) in [5.74, 6) is 1.57. The van der Waals surface area contributed by atoms with Crippen LogP contribution in [0.5, 0.6) is 11.5 Å². The van der Waals surface area contributed by atoms with Gasteiger partial charge in [0.25, 0.3) is 0 Å². The molecule has 0 unspecified atom stereocenters. The fourth-order valence-electron chi connectivity index (χ4n) is 1.62. The third kappa shape index (κ3) is 3.84. The van der Waals surface area contributed by atoms with Gasteiger partial charge in [0.05, 0.1) is 14.2 Å². The second kappa shape index (κ2) is 5.30. The Kier molecular flexibility index (Phi) is 4.27. The van der Waals surface area contributed by atoms with E-state index in [1.807, 2.05) is 13.0 Å². The summed E-state index contributed by atoms with van der Waals surface area (Å²) in [6.07, 6.45) is 0. The molecule has 0 amide bonds. The van der Waals surface area contributed by atoms with Gasteiger partial charge in [-0.05, 0) is 24.0 Å². The molecule has 0 aliphatic rings. The van der Waals surface area contributed by atoms with Gasteiger partial charge >= 0.3 is 0 Å². The van der Waals surface area contributed by atoms with Crippen LogP contribution in [0.3, 0.4) is 0 Å². The third-order valence-electron chi connectivity index (χ3n) is 2.49. The number of benzene rings is 1. The highest BCUT2D eigenvalue weighted by atomic mass is 16.5. The Morgan fingerprint density at radius 2 is 1.76 bits per heavy atom. The van der Waals surface area contributed by atoms with E-state index in [0.29, 0.717) is 0 Å². The topological polar surface area (TPSA) is 30.5 Å².